The number of fused-ring (bicyclic) bond motifs is 1. The fraction of sp³-hybridized carbons (Fsp3) is 0.0909. The topological polar surface area (TPSA) is 46.6 Å². The summed E-state index contributed by atoms with van der Waals surface area (Å²) in [4.78, 5) is 27.1. The lowest BCUT2D eigenvalue weighted by atomic mass is 10.1. The Balaban J connectivity index is 1.66. The number of halogens is 1. The zero-order valence-corrected chi connectivity index (χ0v) is 15.1. The standard InChI is InChI=1S/C22H16ClNO3/c23-17-10-6-9-16(13-17)22(26)27-21-19-12-5-4-11-18(19)20(25)24(21)14-15-7-2-1-3-8-15/h1-13,21H,14H2/t21-/m0/s1. The molecule has 1 heterocycles. The average Bonchev–Trinajstić information content (AvgIpc) is 2.95. The van der Waals surface area contributed by atoms with Crippen LogP contribution < -0.4 is 0 Å². The molecule has 3 aromatic rings. The van der Waals surface area contributed by atoms with Crippen LogP contribution in [0, 0.1) is 0 Å². The second kappa shape index (κ2) is 7.25. The summed E-state index contributed by atoms with van der Waals surface area (Å²) < 4.78 is 5.74. The molecule has 5 heteroatoms. The van der Waals surface area contributed by atoms with Gasteiger partial charge in [0.25, 0.3) is 5.91 Å². The van der Waals surface area contributed by atoms with Crippen LogP contribution in [0.2, 0.25) is 5.02 Å². The van der Waals surface area contributed by atoms with Gasteiger partial charge in [-0.3, -0.25) is 9.69 Å². The minimum Gasteiger partial charge on any atom is -0.433 e. The van der Waals surface area contributed by atoms with Crippen LogP contribution >= 0.6 is 11.6 Å². The highest BCUT2D eigenvalue weighted by molar-refractivity contribution is 6.30. The van der Waals surface area contributed by atoms with E-state index in [2.05, 4.69) is 0 Å². The van der Waals surface area contributed by atoms with E-state index in [1.54, 1.807) is 41.3 Å². The third-order valence-corrected chi connectivity index (χ3v) is 4.71. The molecule has 0 spiro atoms. The van der Waals surface area contributed by atoms with Gasteiger partial charge in [-0.1, -0.05) is 66.2 Å². The van der Waals surface area contributed by atoms with Gasteiger partial charge in [-0.25, -0.2) is 4.79 Å². The quantitative estimate of drug-likeness (QED) is 0.610. The van der Waals surface area contributed by atoms with Gasteiger partial charge < -0.3 is 4.74 Å². The first-order chi connectivity index (χ1) is 13.1. The van der Waals surface area contributed by atoms with Crippen LogP contribution in [-0.2, 0) is 11.3 Å². The van der Waals surface area contributed by atoms with Crippen LogP contribution in [0.3, 0.4) is 0 Å². The van der Waals surface area contributed by atoms with E-state index in [4.69, 9.17) is 16.3 Å². The Kier molecular flexibility index (Phi) is 4.65. The summed E-state index contributed by atoms with van der Waals surface area (Å²) in [6.45, 7) is 0.349. The van der Waals surface area contributed by atoms with Gasteiger partial charge in [-0.2, -0.15) is 0 Å². The number of carbonyl (C=O) groups excluding carboxylic acids is 2. The molecule has 1 aliphatic rings. The third kappa shape index (κ3) is 3.44. The highest BCUT2D eigenvalue weighted by Gasteiger charge is 2.39. The molecule has 4 nitrogen and oxygen atoms in total. The SMILES string of the molecule is O=C(O[C@H]1c2ccccc2C(=O)N1Cc1ccccc1)c1cccc(Cl)c1. The van der Waals surface area contributed by atoms with Crippen LogP contribution in [0.5, 0.6) is 0 Å². The summed E-state index contributed by atoms with van der Waals surface area (Å²) >= 11 is 5.97. The molecule has 0 saturated carbocycles. The number of ether oxygens (including phenoxy) is 1. The van der Waals surface area contributed by atoms with Crippen molar-refractivity contribution in [2.45, 2.75) is 12.8 Å². The second-order valence-corrected chi connectivity index (χ2v) is 6.71. The highest BCUT2D eigenvalue weighted by atomic mass is 35.5. The number of hydrogen-bond acceptors (Lipinski definition) is 3. The molecule has 1 atom stereocenters. The van der Waals surface area contributed by atoms with E-state index in [0.29, 0.717) is 28.3 Å². The van der Waals surface area contributed by atoms with E-state index in [-0.39, 0.29) is 5.91 Å². The van der Waals surface area contributed by atoms with Crippen molar-refractivity contribution in [2.75, 3.05) is 0 Å². The molecular weight excluding hydrogens is 362 g/mol. The van der Waals surface area contributed by atoms with E-state index < -0.39 is 12.2 Å². The van der Waals surface area contributed by atoms with Gasteiger partial charge in [0.05, 0.1) is 5.56 Å². The molecule has 27 heavy (non-hydrogen) atoms. The number of rotatable bonds is 4. The zero-order valence-electron chi connectivity index (χ0n) is 14.3. The first kappa shape index (κ1) is 17.3. The second-order valence-electron chi connectivity index (χ2n) is 6.27. The average molecular weight is 378 g/mol. The maximum atomic E-state index is 12.9. The Hall–Kier alpha value is -3.11. The lowest BCUT2D eigenvalue weighted by molar-refractivity contribution is -0.0211. The molecular formula is C22H16ClNO3. The molecule has 0 N–H and O–H groups in total. The summed E-state index contributed by atoms with van der Waals surface area (Å²) in [6, 6.07) is 23.4. The lowest BCUT2D eigenvalue weighted by Crippen LogP contribution is -2.30. The summed E-state index contributed by atoms with van der Waals surface area (Å²) in [5.41, 5.74) is 2.55. The molecule has 0 saturated heterocycles. The zero-order chi connectivity index (χ0) is 18.8. The van der Waals surface area contributed by atoms with E-state index in [9.17, 15) is 9.59 Å². The van der Waals surface area contributed by atoms with Crippen LogP contribution in [0.25, 0.3) is 0 Å². The molecule has 0 fully saturated rings. The Labute approximate surface area is 161 Å². The minimum atomic E-state index is -0.777. The van der Waals surface area contributed by atoms with Crippen molar-refractivity contribution in [3.63, 3.8) is 0 Å². The monoisotopic (exact) mass is 377 g/mol. The number of benzene rings is 3. The summed E-state index contributed by atoms with van der Waals surface area (Å²) in [5, 5.41) is 0.452. The van der Waals surface area contributed by atoms with E-state index in [0.717, 1.165) is 5.56 Å². The van der Waals surface area contributed by atoms with Crippen LogP contribution in [0.4, 0.5) is 0 Å². The first-order valence-electron chi connectivity index (χ1n) is 8.54. The van der Waals surface area contributed by atoms with Crippen molar-refractivity contribution >= 4 is 23.5 Å². The van der Waals surface area contributed by atoms with Crippen LogP contribution in [0.15, 0.2) is 78.9 Å². The van der Waals surface area contributed by atoms with Crippen molar-refractivity contribution in [1.82, 2.24) is 4.90 Å². The number of carbonyl (C=O) groups is 2. The fourth-order valence-electron chi connectivity index (χ4n) is 3.18. The maximum Gasteiger partial charge on any atom is 0.340 e. The smallest absolute Gasteiger partial charge is 0.340 e. The largest absolute Gasteiger partial charge is 0.433 e. The number of nitrogens with zero attached hydrogens (tertiary/aromatic N) is 1. The number of hydrogen-bond donors (Lipinski definition) is 0. The van der Waals surface area contributed by atoms with Gasteiger partial charge in [-0.05, 0) is 29.8 Å². The first-order valence-corrected chi connectivity index (χ1v) is 8.91. The fourth-order valence-corrected chi connectivity index (χ4v) is 3.37. The van der Waals surface area contributed by atoms with Gasteiger partial charge in [0.1, 0.15) is 0 Å². The van der Waals surface area contributed by atoms with Crippen molar-refractivity contribution in [3.8, 4) is 0 Å². The normalized spacial score (nSPS) is 15.5. The van der Waals surface area contributed by atoms with Crippen LogP contribution in [0.1, 0.15) is 38.1 Å². The lowest BCUT2D eigenvalue weighted by Gasteiger charge is -2.25. The molecule has 134 valence electrons. The summed E-state index contributed by atoms with van der Waals surface area (Å²) in [5.74, 6) is -0.677. The Morgan fingerprint density at radius 2 is 1.70 bits per heavy atom. The molecule has 1 amide bonds. The predicted octanol–water partition coefficient (Wildman–Crippen LogP) is 4.85. The van der Waals surface area contributed by atoms with Gasteiger partial charge in [0.15, 0.2) is 0 Å². The minimum absolute atomic E-state index is 0.154. The number of esters is 1. The molecule has 3 aromatic carbocycles. The molecule has 0 aliphatic carbocycles. The molecule has 1 aliphatic heterocycles. The van der Waals surface area contributed by atoms with E-state index >= 15 is 0 Å². The molecule has 4 rings (SSSR count). The number of amides is 1. The summed E-state index contributed by atoms with van der Waals surface area (Å²) in [6.07, 6.45) is -0.777. The summed E-state index contributed by atoms with van der Waals surface area (Å²) in [7, 11) is 0. The van der Waals surface area contributed by atoms with Gasteiger partial charge in [-0.15, -0.1) is 0 Å². The van der Waals surface area contributed by atoms with Gasteiger partial charge in [0, 0.05) is 22.7 Å². The Morgan fingerprint density at radius 3 is 2.48 bits per heavy atom. The van der Waals surface area contributed by atoms with Crippen molar-refractivity contribution in [2.24, 2.45) is 0 Å². The Bertz CT molecular complexity index is 1000. The van der Waals surface area contributed by atoms with E-state index in [1.807, 2.05) is 42.5 Å². The molecule has 0 radical (unpaired) electrons. The van der Waals surface area contributed by atoms with Crippen LogP contribution in [-0.4, -0.2) is 16.8 Å². The molecule has 0 bridgehead atoms. The van der Waals surface area contributed by atoms with Crippen molar-refractivity contribution in [3.05, 3.63) is 106 Å². The van der Waals surface area contributed by atoms with Crippen molar-refractivity contribution in [1.29, 1.82) is 0 Å². The van der Waals surface area contributed by atoms with Gasteiger partial charge >= 0.3 is 5.97 Å². The predicted molar refractivity (Wildman–Crippen MR) is 102 cm³/mol. The van der Waals surface area contributed by atoms with Crippen molar-refractivity contribution < 1.29 is 14.3 Å². The van der Waals surface area contributed by atoms with E-state index in [1.165, 1.54) is 0 Å². The molecule has 0 aromatic heterocycles. The van der Waals surface area contributed by atoms with Gasteiger partial charge in [0.2, 0.25) is 6.23 Å². The molecule has 0 unspecified atom stereocenters. The maximum absolute atomic E-state index is 12.9. The third-order valence-electron chi connectivity index (χ3n) is 4.48. The Morgan fingerprint density at radius 1 is 0.963 bits per heavy atom. The highest BCUT2D eigenvalue weighted by Crippen LogP contribution is 2.36.